The summed E-state index contributed by atoms with van der Waals surface area (Å²) in [5, 5.41) is 2.37. The van der Waals surface area contributed by atoms with E-state index in [4.69, 9.17) is 4.84 Å². The minimum Gasteiger partial charge on any atom is -0.317 e. The van der Waals surface area contributed by atoms with Crippen LogP contribution in [0.3, 0.4) is 0 Å². The van der Waals surface area contributed by atoms with Gasteiger partial charge in [-0.2, -0.15) is 0 Å². The van der Waals surface area contributed by atoms with E-state index >= 15 is 0 Å². The molecule has 0 radical (unpaired) electrons. The second kappa shape index (κ2) is 4.62. The van der Waals surface area contributed by atoms with Gasteiger partial charge >= 0.3 is 0 Å². The summed E-state index contributed by atoms with van der Waals surface area (Å²) >= 11 is 0. The average molecular weight is 246 g/mol. The van der Waals surface area contributed by atoms with Crippen molar-refractivity contribution in [3.8, 4) is 0 Å². The van der Waals surface area contributed by atoms with Gasteiger partial charge < -0.3 is 4.98 Å². The van der Waals surface area contributed by atoms with Crippen molar-refractivity contribution in [2.75, 3.05) is 14.2 Å². The van der Waals surface area contributed by atoms with Crippen molar-refractivity contribution in [2.45, 2.75) is 6.92 Å². The van der Waals surface area contributed by atoms with Gasteiger partial charge in [-0.15, -0.1) is 0 Å². The predicted octanol–water partition coefficient (Wildman–Crippen LogP) is 1.47. The van der Waals surface area contributed by atoms with Gasteiger partial charge in [0.15, 0.2) is 0 Å². The number of hydrogen-bond donors (Lipinski definition) is 1. The zero-order chi connectivity index (χ0) is 13.3. The molecule has 0 spiro atoms. The zero-order valence-corrected chi connectivity index (χ0v) is 10.5. The summed E-state index contributed by atoms with van der Waals surface area (Å²) in [6, 6.07) is 7.16. The van der Waals surface area contributed by atoms with Crippen LogP contribution in [-0.2, 0) is 4.84 Å². The number of amides is 1. The Balaban J connectivity index is 2.60. The van der Waals surface area contributed by atoms with Crippen molar-refractivity contribution < 1.29 is 9.63 Å². The van der Waals surface area contributed by atoms with E-state index in [1.54, 1.807) is 12.1 Å². The van der Waals surface area contributed by atoms with E-state index < -0.39 is 5.91 Å². The van der Waals surface area contributed by atoms with Crippen LogP contribution >= 0.6 is 0 Å². The Morgan fingerprint density at radius 1 is 1.33 bits per heavy atom. The van der Waals surface area contributed by atoms with E-state index in [1.807, 2.05) is 19.1 Å². The van der Waals surface area contributed by atoms with Crippen molar-refractivity contribution in [1.82, 2.24) is 10.0 Å². The smallest absolute Gasteiger partial charge is 0.293 e. The molecule has 18 heavy (non-hydrogen) atoms. The summed E-state index contributed by atoms with van der Waals surface area (Å²) in [6.45, 7) is 1.91. The lowest BCUT2D eigenvalue weighted by Crippen LogP contribution is -2.28. The van der Waals surface area contributed by atoms with Gasteiger partial charge in [-0.3, -0.25) is 14.4 Å². The maximum Gasteiger partial charge on any atom is 0.293 e. The molecule has 1 N–H and O–H groups in total. The highest BCUT2D eigenvalue weighted by molar-refractivity contribution is 5.95. The van der Waals surface area contributed by atoms with Crippen LogP contribution in [0.4, 0.5) is 0 Å². The SMILES string of the molecule is CON(C)C(=O)c1cc2ccc(C)cc2c(=O)[nH]1. The van der Waals surface area contributed by atoms with Gasteiger partial charge in [-0.25, -0.2) is 5.06 Å². The fourth-order valence-electron chi connectivity index (χ4n) is 1.74. The molecule has 94 valence electrons. The number of benzene rings is 1. The first-order chi connectivity index (χ1) is 8.52. The van der Waals surface area contributed by atoms with Gasteiger partial charge in [0.25, 0.3) is 11.5 Å². The average Bonchev–Trinajstić information content (AvgIpc) is 2.37. The highest BCUT2D eigenvalue weighted by Crippen LogP contribution is 2.13. The first kappa shape index (κ1) is 12.3. The number of pyridine rings is 1. The zero-order valence-electron chi connectivity index (χ0n) is 10.5. The number of hydroxylamine groups is 2. The van der Waals surface area contributed by atoms with Gasteiger partial charge in [0.1, 0.15) is 5.69 Å². The summed E-state index contributed by atoms with van der Waals surface area (Å²) < 4.78 is 0. The minimum absolute atomic E-state index is 0.209. The van der Waals surface area contributed by atoms with Crippen LogP contribution in [0.5, 0.6) is 0 Å². The number of carbonyl (C=O) groups is 1. The van der Waals surface area contributed by atoms with Gasteiger partial charge in [0.05, 0.1) is 7.11 Å². The highest BCUT2D eigenvalue weighted by atomic mass is 16.7. The van der Waals surface area contributed by atoms with Crippen LogP contribution in [0, 0.1) is 6.92 Å². The Labute approximate surface area is 104 Å². The molecule has 5 nitrogen and oxygen atoms in total. The Hall–Kier alpha value is -2.14. The molecule has 0 atom stereocenters. The molecule has 0 fully saturated rings. The third kappa shape index (κ3) is 2.12. The molecule has 2 rings (SSSR count). The first-order valence-electron chi connectivity index (χ1n) is 5.49. The number of H-pyrrole nitrogens is 1. The fourth-order valence-corrected chi connectivity index (χ4v) is 1.74. The molecule has 0 bridgehead atoms. The number of hydrogen-bond acceptors (Lipinski definition) is 3. The summed E-state index contributed by atoms with van der Waals surface area (Å²) in [6.07, 6.45) is 0. The molecule has 5 heteroatoms. The number of aromatic amines is 1. The normalized spacial score (nSPS) is 10.6. The molecule has 1 amide bonds. The molecule has 0 unspecified atom stereocenters. The summed E-state index contributed by atoms with van der Waals surface area (Å²) in [4.78, 5) is 31.1. The molecule has 0 saturated heterocycles. The van der Waals surface area contributed by atoms with Gasteiger partial charge in [0, 0.05) is 12.4 Å². The number of nitrogens with one attached hydrogen (secondary N) is 1. The fraction of sp³-hybridized carbons (Fsp3) is 0.231. The minimum atomic E-state index is -0.392. The van der Waals surface area contributed by atoms with Crippen LogP contribution < -0.4 is 5.56 Å². The van der Waals surface area contributed by atoms with E-state index in [1.165, 1.54) is 14.2 Å². The molecule has 0 aliphatic heterocycles. The molecule has 0 saturated carbocycles. The highest BCUT2D eigenvalue weighted by Gasteiger charge is 2.13. The van der Waals surface area contributed by atoms with Gasteiger partial charge in [0.2, 0.25) is 0 Å². The number of aromatic nitrogens is 1. The monoisotopic (exact) mass is 246 g/mol. The summed E-state index contributed by atoms with van der Waals surface area (Å²) in [5.41, 5.74) is 0.936. The number of rotatable bonds is 2. The topological polar surface area (TPSA) is 62.4 Å². The Morgan fingerprint density at radius 2 is 2.06 bits per heavy atom. The van der Waals surface area contributed by atoms with Crippen LogP contribution in [0.25, 0.3) is 10.8 Å². The number of carbonyl (C=O) groups excluding carboxylic acids is 1. The lowest BCUT2D eigenvalue weighted by atomic mass is 10.1. The van der Waals surface area contributed by atoms with Crippen molar-refractivity contribution in [2.24, 2.45) is 0 Å². The lowest BCUT2D eigenvalue weighted by molar-refractivity contribution is -0.0760. The van der Waals surface area contributed by atoms with Crippen LogP contribution in [0.2, 0.25) is 0 Å². The maximum absolute atomic E-state index is 11.9. The van der Waals surface area contributed by atoms with Crippen molar-refractivity contribution in [3.05, 3.63) is 45.9 Å². The van der Waals surface area contributed by atoms with Crippen molar-refractivity contribution in [3.63, 3.8) is 0 Å². The first-order valence-corrected chi connectivity index (χ1v) is 5.49. The van der Waals surface area contributed by atoms with Crippen LogP contribution in [-0.4, -0.2) is 30.1 Å². The largest absolute Gasteiger partial charge is 0.317 e. The molecule has 1 aromatic heterocycles. The second-order valence-corrected chi connectivity index (χ2v) is 4.09. The number of nitrogens with zero attached hydrogens (tertiary/aromatic N) is 1. The van der Waals surface area contributed by atoms with Crippen LogP contribution in [0.1, 0.15) is 16.1 Å². The van der Waals surface area contributed by atoms with Gasteiger partial charge in [-0.05, 0) is 24.4 Å². The summed E-state index contributed by atoms with van der Waals surface area (Å²) in [7, 11) is 2.88. The van der Waals surface area contributed by atoms with Crippen molar-refractivity contribution in [1.29, 1.82) is 0 Å². The Kier molecular flexibility index (Phi) is 3.16. The number of fused-ring (bicyclic) bond motifs is 1. The Bertz CT molecular complexity index is 661. The third-order valence-corrected chi connectivity index (χ3v) is 2.79. The Morgan fingerprint density at radius 3 is 2.72 bits per heavy atom. The van der Waals surface area contributed by atoms with E-state index in [9.17, 15) is 9.59 Å². The molecule has 1 aromatic carbocycles. The van der Waals surface area contributed by atoms with E-state index in [-0.39, 0.29) is 11.3 Å². The second-order valence-electron chi connectivity index (χ2n) is 4.09. The van der Waals surface area contributed by atoms with E-state index in [0.717, 1.165) is 16.0 Å². The lowest BCUT2D eigenvalue weighted by Gasteiger charge is -2.13. The predicted molar refractivity (Wildman–Crippen MR) is 68.4 cm³/mol. The molecule has 1 heterocycles. The summed E-state index contributed by atoms with van der Waals surface area (Å²) in [5.74, 6) is -0.392. The molecular formula is C13H14N2O3. The molecule has 0 aliphatic rings. The standard InChI is InChI=1S/C13H14N2O3/c1-8-4-5-9-7-11(13(17)15(2)18-3)14-12(16)10(9)6-8/h4-7H,1-3H3,(H,14,16). The van der Waals surface area contributed by atoms with E-state index in [0.29, 0.717) is 5.39 Å². The maximum atomic E-state index is 11.9. The molecule has 0 aliphatic carbocycles. The van der Waals surface area contributed by atoms with Crippen LogP contribution in [0.15, 0.2) is 29.1 Å². The molecular weight excluding hydrogens is 232 g/mol. The quantitative estimate of drug-likeness (QED) is 0.816. The third-order valence-electron chi connectivity index (χ3n) is 2.79. The van der Waals surface area contributed by atoms with E-state index in [2.05, 4.69) is 4.98 Å². The van der Waals surface area contributed by atoms with Crippen molar-refractivity contribution >= 4 is 16.7 Å². The van der Waals surface area contributed by atoms with Gasteiger partial charge in [-0.1, -0.05) is 17.7 Å². The number of aryl methyl sites for hydroxylation is 1. The molecule has 2 aromatic rings.